The Morgan fingerprint density at radius 2 is 2.00 bits per heavy atom. The van der Waals surface area contributed by atoms with Crippen molar-refractivity contribution in [2.75, 3.05) is 6.61 Å². The molecule has 3 aliphatic carbocycles. The lowest BCUT2D eigenvalue weighted by Crippen LogP contribution is -2.56. The van der Waals surface area contributed by atoms with Gasteiger partial charge in [0.2, 0.25) is 0 Å². The molecule has 0 heterocycles. The highest BCUT2D eigenvalue weighted by atomic mass is 16.3. The summed E-state index contributed by atoms with van der Waals surface area (Å²) in [4.78, 5) is 23.3. The smallest absolute Gasteiger partial charge is 0.161 e. The Morgan fingerprint density at radius 3 is 2.62 bits per heavy atom. The van der Waals surface area contributed by atoms with Gasteiger partial charge in [0.15, 0.2) is 5.78 Å². The molecule has 3 fully saturated rings. The number of carbonyl (C=O) groups excluding carboxylic acids is 2. The van der Waals surface area contributed by atoms with Crippen LogP contribution in [0.25, 0.3) is 0 Å². The molecule has 4 heteroatoms. The van der Waals surface area contributed by atoms with Gasteiger partial charge >= 0.3 is 0 Å². The molecule has 7 unspecified atom stereocenters. The van der Waals surface area contributed by atoms with Crippen molar-refractivity contribution >= 4 is 12.1 Å². The zero-order valence-corrected chi connectivity index (χ0v) is 16.1. The normalized spacial score (nSPS) is 47.0. The highest BCUT2D eigenvalue weighted by Gasteiger charge is 2.62. The number of fused-ring (bicyclic) bond motifs is 3. The van der Waals surface area contributed by atoms with Crippen molar-refractivity contribution in [3.63, 3.8) is 0 Å². The third-order valence-corrected chi connectivity index (χ3v) is 8.00. The predicted molar refractivity (Wildman–Crippen MR) is 100 cm³/mol. The Balaban J connectivity index is 2.01. The summed E-state index contributed by atoms with van der Waals surface area (Å²) in [5.41, 5.74) is 0.738. The average molecular weight is 360 g/mol. The first-order valence-electron chi connectivity index (χ1n) is 9.93. The van der Waals surface area contributed by atoms with E-state index >= 15 is 0 Å². The maximum atomic E-state index is 12.3. The van der Waals surface area contributed by atoms with Gasteiger partial charge in [0, 0.05) is 17.3 Å². The van der Waals surface area contributed by atoms with Gasteiger partial charge in [-0.2, -0.15) is 0 Å². The molecule has 3 aliphatic rings. The molecule has 0 aromatic heterocycles. The van der Waals surface area contributed by atoms with E-state index in [1.165, 1.54) is 5.57 Å². The molecule has 4 nitrogen and oxygen atoms in total. The molecule has 3 saturated carbocycles. The van der Waals surface area contributed by atoms with Crippen molar-refractivity contribution in [2.45, 2.75) is 59.0 Å². The molecule has 0 aromatic carbocycles. The lowest BCUT2D eigenvalue weighted by Gasteiger charge is -2.58. The number of aliphatic hydroxyl groups excluding tert-OH is 2. The van der Waals surface area contributed by atoms with Crippen LogP contribution in [0.15, 0.2) is 23.8 Å². The van der Waals surface area contributed by atoms with Gasteiger partial charge in [-0.25, -0.2) is 0 Å². The first kappa shape index (κ1) is 19.5. The summed E-state index contributed by atoms with van der Waals surface area (Å²) in [6.45, 7) is 5.93. The third-order valence-electron chi connectivity index (χ3n) is 8.00. The Morgan fingerprint density at radius 1 is 1.27 bits per heavy atom. The number of carbonyl (C=O) groups is 2. The summed E-state index contributed by atoms with van der Waals surface area (Å²) >= 11 is 0. The van der Waals surface area contributed by atoms with Crippen molar-refractivity contribution in [1.29, 1.82) is 0 Å². The Hall–Kier alpha value is -1.26. The zero-order valence-electron chi connectivity index (χ0n) is 16.1. The van der Waals surface area contributed by atoms with Crippen LogP contribution in [0.3, 0.4) is 0 Å². The van der Waals surface area contributed by atoms with E-state index in [-0.39, 0.29) is 28.4 Å². The van der Waals surface area contributed by atoms with Crippen molar-refractivity contribution in [3.05, 3.63) is 23.8 Å². The van der Waals surface area contributed by atoms with Gasteiger partial charge < -0.3 is 10.2 Å². The van der Waals surface area contributed by atoms with E-state index in [1.54, 1.807) is 6.08 Å². The van der Waals surface area contributed by atoms with Crippen LogP contribution in [-0.4, -0.2) is 35.0 Å². The second-order valence-electron chi connectivity index (χ2n) is 8.96. The second kappa shape index (κ2) is 7.05. The Kier molecular flexibility index (Phi) is 5.28. The van der Waals surface area contributed by atoms with E-state index in [0.717, 1.165) is 32.0 Å². The zero-order chi connectivity index (χ0) is 19.1. The molecule has 0 amide bonds. The van der Waals surface area contributed by atoms with Crippen LogP contribution >= 0.6 is 0 Å². The summed E-state index contributed by atoms with van der Waals surface area (Å²) < 4.78 is 0. The standard InChI is InChI=1S/C22H32O4/c1-4-14-6-7-15-16-8-9-17(19(26)13-24)22(16,3)12-18(25)20(15)21(14,2)10-5-11-23/h4-5,10-11,15-18,20,24-25H,6-9,12-13H2,1-3H3/b10-5-,14-4-. The Bertz CT molecular complexity index is 636. The number of rotatable bonds is 4. The van der Waals surface area contributed by atoms with Gasteiger partial charge in [0.05, 0.1) is 6.10 Å². The maximum absolute atomic E-state index is 12.3. The predicted octanol–water partition coefficient (Wildman–Crippen LogP) is 3.08. The van der Waals surface area contributed by atoms with Crippen molar-refractivity contribution < 1.29 is 19.8 Å². The van der Waals surface area contributed by atoms with Crippen molar-refractivity contribution in [2.24, 2.45) is 34.5 Å². The van der Waals surface area contributed by atoms with E-state index in [0.29, 0.717) is 18.3 Å². The molecule has 0 bridgehead atoms. The minimum absolute atomic E-state index is 0.0692. The van der Waals surface area contributed by atoms with E-state index in [1.807, 2.05) is 13.0 Å². The highest BCUT2D eigenvalue weighted by Crippen LogP contribution is 2.65. The fraction of sp³-hybridized carbons (Fsp3) is 0.727. The Labute approximate surface area is 156 Å². The molecule has 0 aliphatic heterocycles. The molecule has 2 N–H and O–H groups in total. The fourth-order valence-corrected chi connectivity index (χ4v) is 6.96. The fourth-order valence-electron chi connectivity index (χ4n) is 6.96. The van der Waals surface area contributed by atoms with Crippen molar-refractivity contribution in [3.8, 4) is 0 Å². The minimum atomic E-state index is -0.509. The molecule has 0 radical (unpaired) electrons. The number of Topliss-reactive ketones (excluding diaryl/α,β-unsaturated/α-hetero) is 1. The first-order chi connectivity index (χ1) is 12.3. The number of aliphatic hydroxyl groups is 2. The quantitative estimate of drug-likeness (QED) is 0.459. The molecule has 7 atom stereocenters. The number of aldehydes is 1. The molecule has 0 saturated heterocycles. The van der Waals surface area contributed by atoms with E-state index < -0.39 is 12.7 Å². The van der Waals surface area contributed by atoms with E-state index in [2.05, 4.69) is 19.9 Å². The lowest BCUT2D eigenvalue weighted by molar-refractivity contribution is -0.141. The first-order valence-corrected chi connectivity index (χ1v) is 9.93. The summed E-state index contributed by atoms with van der Waals surface area (Å²) in [7, 11) is 0. The highest BCUT2D eigenvalue weighted by molar-refractivity contribution is 5.83. The SMILES string of the molecule is C/C=C1/CCC2C(C(O)CC3(C)C(C(=O)CO)CCC23)C1(C)/C=C\C=O. The average Bonchev–Trinajstić information content (AvgIpc) is 2.96. The molecule has 0 aromatic rings. The number of allylic oxidation sites excluding steroid dienone is 4. The van der Waals surface area contributed by atoms with Crippen molar-refractivity contribution in [1.82, 2.24) is 0 Å². The van der Waals surface area contributed by atoms with Gasteiger partial charge in [-0.05, 0) is 62.4 Å². The molecule has 0 spiro atoms. The minimum Gasteiger partial charge on any atom is -0.393 e. The molecular weight excluding hydrogens is 328 g/mol. The van der Waals surface area contributed by atoms with Crippen LogP contribution in [-0.2, 0) is 9.59 Å². The van der Waals surface area contributed by atoms with Gasteiger partial charge in [-0.3, -0.25) is 9.59 Å². The molecule has 3 rings (SSSR count). The summed E-state index contributed by atoms with van der Waals surface area (Å²) in [6, 6.07) is 0. The summed E-state index contributed by atoms with van der Waals surface area (Å²) in [5.74, 6) is 0.575. The molecule has 26 heavy (non-hydrogen) atoms. The maximum Gasteiger partial charge on any atom is 0.161 e. The third kappa shape index (κ3) is 2.73. The monoisotopic (exact) mass is 360 g/mol. The van der Waals surface area contributed by atoms with Crippen LogP contribution in [0.4, 0.5) is 0 Å². The van der Waals surface area contributed by atoms with Crippen LogP contribution < -0.4 is 0 Å². The van der Waals surface area contributed by atoms with E-state index in [4.69, 9.17) is 0 Å². The van der Waals surface area contributed by atoms with Gasteiger partial charge in [-0.15, -0.1) is 0 Å². The second-order valence-corrected chi connectivity index (χ2v) is 8.96. The van der Waals surface area contributed by atoms with Crippen LogP contribution in [0.5, 0.6) is 0 Å². The largest absolute Gasteiger partial charge is 0.393 e. The number of hydrogen-bond acceptors (Lipinski definition) is 4. The lowest BCUT2D eigenvalue weighted by atomic mass is 9.47. The number of ketones is 1. The van der Waals surface area contributed by atoms with Gasteiger partial charge in [-0.1, -0.05) is 31.6 Å². The number of hydrogen-bond donors (Lipinski definition) is 2. The summed E-state index contributed by atoms with van der Waals surface area (Å²) in [5, 5.41) is 20.6. The van der Waals surface area contributed by atoms with Crippen LogP contribution in [0.1, 0.15) is 52.9 Å². The van der Waals surface area contributed by atoms with Gasteiger partial charge in [0.1, 0.15) is 12.9 Å². The summed E-state index contributed by atoms with van der Waals surface area (Å²) in [6.07, 6.45) is 10.4. The molecule has 144 valence electrons. The van der Waals surface area contributed by atoms with E-state index in [9.17, 15) is 19.8 Å². The molecular formula is C22H32O4. The van der Waals surface area contributed by atoms with Crippen LogP contribution in [0, 0.1) is 34.5 Å². The van der Waals surface area contributed by atoms with Crippen LogP contribution in [0.2, 0.25) is 0 Å². The topological polar surface area (TPSA) is 74.6 Å². The van der Waals surface area contributed by atoms with Gasteiger partial charge in [0.25, 0.3) is 0 Å².